The number of nitrogens with one attached hydrogen (secondary N) is 3. The van der Waals surface area contributed by atoms with E-state index in [1.54, 1.807) is 0 Å². The summed E-state index contributed by atoms with van der Waals surface area (Å²) >= 11 is 0. The number of nitrogens with zero attached hydrogens (tertiary/aromatic N) is 1. The molecule has 1 heterocycles. The normalized spacial score (nSPS) is 13.2. The van der Waals surface area contributed by atoms with Crippen molar-refractivity contribution in [3.05, 3.63) is 71.9 Å². The van der Waals surface area contributed by atoms with Crippen molar-refractivity contribution in [1.82, 2.24) is 4.98 Å². The maximum Gasteiger partial charge on any atom is 0.323 e. The number of aromatic nitrogens is 1. The molecule has 1 fully saturated rings. The van der Waals surface area contributed by atoms with Gasteiger partial charge in [-0.15, -0.1) is 0 Å². The zero-order chi connectivity index (χ0) is 25.2. The van der Waals surface area contributed by atoms with Gasteiger partial charge in [-0.05, 0) is 49.2 Å². The molecule has 3 amide bonds. The minimum atomic E-state index is -3.43. The third-order valence-corrected chi connectivity index (χ3v) is 5.05. The molecule has 1 aromatic heterocycles. The van der Waals surface area contributed by atoms with Crippen molar-refractivity contribution in [2.75, 3.05) is 16.0 Å². The number of carbonyl (C=O) groups is 2. The number of benzene rings is 2. The molecule has 1 saturated carbocycles. The zero-order valence-electron chi connectivity index (χ0n) is 18.4. The van der Waals surface area contributed by atoms with Gasteiger partial charge in [0.1, 0.15) is 17.4 Å². The number of carbonyl (C=O) groups excluding carboxylic acids is 2. The Kier molecular flexibility index (Phi) is 6.59. The zero-order valence-corrected chi connectivity index (χ0v) is 18.4. The highest BCUT2D eigenvalue weighted by atomic mass is 19.3. The molecule has 2 aromatic carbocycles. The lowest BCUT2D eigenvalue weighted by molar-refractivity contribution is -0.117. The first-order chi connectivity index (χ1) is 16.6. The van der Waals surface area contributed by atoms with E-state index < -0.39 is 29.2 Å². The Morgan fingerprint density at radius 2 is 1.63 bits per heavy atom. The van der Waals surface area contributed by atoms with Crippen LogP contribution < -0.4 is 20.7 Å². The highest BCUT2D eigenvalue weighted by Crippen LogP contribution is 2.32. The summed E-state index contributed by atoms with van der Waals surface area (Å²) in [4.78, 5) is 28.1. The van der Waals surface area contributed by atoms with Crippen LogP contribution in [0.25, 0.3) is 0 Å². The summed E-state index contributed by atoms with van der Waals surface area (Å²) in [6.07, 6.45) is 3.09. The van der Waals surface area contributed by atoms with Gasteiger partial charge >= 0.3 is 6.03 Å². The topological polar surface area (TPSA) is 92.3 Å². The van der Waals surface area contributed by atoms with Gasteiger partial charge in [0.2, 0.25) is 5.91 Å². The molecular weight excluding hydrogens is 468 g/mol. The van der Waals surface area contributed by atoms with Gasteiger partial charge in [0.05, 0.1) is 5.56 Å². The summed E-state index contributed by atoms with van der Waals surface area (Å²) in [5, 5.41) is 7.32. The first-order valence-corrected chi connectivity index (χ1v) is 10.6. The van der Waals surface area contributed by atoms with Crippen LogP contribution in [-0.2, 0) is 10.7 Å². The predicted octanol–water partition coefficient (Wildman–Crippen LogP) is 6.26. The molecule has 0 unspecified atom stereocenters. The third-order valence-electron chi connectivity index (χ3n) is 5.05. The Morgan fingerprint density at radius 3 is 2.29 bits per heavy atom. The van der Waals surface area contributed by atoms with E-state index in [0.717, 1.165) is 37.1 Å². The van der Waals surface area contributed by atoms with Gasteiger partial charge < -0.3 is 20.7 Å². The third kappa shape index (κ3) is 6.25. The minimum Gasteiger partial charge on any atom is -0.454 e. The number of alkyl halides is 2. The van der Waals surface area contributed by atoms with Crippen molar-refractivity contribution in [3.63, 3.8) is 0 Å². The Bertz CT molecular complexity index is 1280. The molecule has 1 aliphatic carbocycles. The number of hydrogen-bond acceptors (Lipinski definition) is 4. The van der Waals surface area contributed by atoms with Crippen molar-refractivity contribution in [3.8, 4) is 11.5 Å². The molecule has 0 spiro atoms. The van der Waals surface area contributed by atoms with Gasteiger partial charge in [-0.3, -0.25) is 4.79 Å². The lowest BCUT2D eigenvalue weighted by Gasteiger charge is -2.14. The lowest BCUT2D eigenvalue weighted by atomic mass is 10.1. The molecule has 1 aliphatic rings. The van der Waals surface area contributed by atoms with E-state index in [1.807, 2.05) is 0 Å². The van der Waals surface area contributed by atoms with Crippen molar-refractivity contribution in [2.45, 2.75) is 25.7 Å². The van der Waals surface area contributed by atoms with E-state index in [9.17, 15) is 27.2 Å². The van der Waals surface area contributed by atoms with Crippen LogP contribution >= 0.6 is 0 Å². The summed E-state index contributed by atoms with van der Waals surface area (Å²) in [7, 11) is 0. The van der Waals surface area contributed by atoms with Crippen LogP contribution in [-0.4, -0.2) is 16.9 Å². The van der Waals surface area contributed by atoms with Gasteiger partial charge in [0, 0.05) is 42.5 Å². The molecule has 4 rings (SSSR count). The van der Waals surface area contributed by atoms with Gasteiger partial charge in [-0.2, -0.15) is 0 Å². The maximum atomic E-state index is 14.6. The van der Waals surface area contributed by atoms with Gasteiger partial charge in [-0.1, -0.05) is 0 Å². The number of halogens is 4. The maximum absolute atomic E-state index is 14.6. The Labute approximate surface area is 197 Å². The van der Waals surface area contributed by atoms with E-state index in [-0.39, 0.29) is 40.5 Å². The molecule has 3 N–H and O–H groups in total. The summed E-state index contributed by atoms with van der Waals surface area (Å²) in [5.41, 5.74) is -0.875. The number of urea groups is 1. The van der Waals surface area contributed by atoms with E-state index in [2.05, 4.69) is 20.9 Å². The number of anilines is 3. The minimum absolute atomic E-state index is 0.00578. The van der Waals surface area contributed by atoms with Crippen molar-refractivity contribution in [1.29, 1.82) is 0 Å². The monoisotopic (exact) mass is 488 g/mol. The smallest absolute Gasteiger partial charge is 0.323 e. The van der Waals surface area contributed by atoms with Gasteiger partial charge in [-0.25, -0.2) is 27.3 Å². The van der Waals surface area contributed by atoms with Crippen molar-refractivity contribution in [2.24, 2.45) is 5.92 Å². The fraction of sp³-hybridized carbons (Fsp3) is 0.208. The number of amides is 3. The van der Waals surface area contributed by atoms with Crippen LogP contribution in [0.4, 0.5) is 39.5 Å². The molecule has 3 aromatic rings. The van der Waals surface area contributed by atoms with Crippen LogP contribution in [0, 0.1) is 17.6 Å². The number of hydrogen-bond donors (Lipinski definition) is 3. The molecule has 0 atom stereocenters. The average molecular weight is 488 g/mol. The predicted molar refractivity (Wildman–Crippen MR) is 121 cm³/mol. The molecule has 0 bridgehead atoms. The standard InChI is InChI=1S/C24H20F4N4O3/c1-24(27,28)17-10-14(4-6-18(17)25)30-23(34)31-15-5-7-20(19(26)11-15)35-16-8-9-29-21(12-16)32-22(33)13-2-3-13/h4-13H,2-3H2,1H3,(H,29,32,33)(H2,30,31,34). The molecule has 0 aliphatic heterocycles. The molecule has 182 valence electrons. The van der Waals surface area contributed by atoms with Gasteiger partial charge in [0.25, 0.3) is 5.92 Å². The summed E-state index contributed by atoms with van der Waals surface area (Å²) in [5.74, 6) is -5.10. The molecule has 7 nitrogen and oxygen atoms in total. The van der Waals surface area contributed by atoms with E-state index >= 15 is 0 Å². The molecule has 35 heavy (non-hydrogen) atoms. The van der Waals surface area contributed by atoms with Crippen LogP contribution in [0.3, 0.4) is 0 Å². The van der Waals surface area contributed by atoms with Crippen LogP contribution in [0.5, 0.6) is 11.5 Å². The van der Waals surface area contributed by atoms with Crippen LogP contribution in [0.1, 0.15) is 25.3 Å². The van der Waals surface area contributed by atoms with E-state index in [1.165, 1.54) is 30.5 Å². The lowest BCUT2D eigenvalue weighted by Crippen LogP contribution is -2.20. The number of pyridine rings is 1. The Morgan fingerprint density at radius 1 is 0.943 bits per heavy atom. The fourth-order valence-corrected chi connectivity index (χ4v) is 3.14. The van der Waals surface area contributed by atoms with Crippen LogP contribution in [0.2, 0.25) is 0 Å². The van der Waals surface area contributed by atoms with Crippen molar-refractivity contribution < 1.29 is 31.9 Å². The highest BCUT2D eigenvalue weighted by molar-refractivity contribution is 5.99. The van der Waals surface area contributed by atoms with Gasteiger partial charge in [0.15, 0.2) is 11.6 Å². The Balaban J connectivity index is 1.39. The average Bonchev–Trinajstić information content (AvgIpc) is 3.62. The second-order valence-electron chi connectivity index (χ2n) is 8.05. The number of rotatable bonds is 7. The fourth-order valence-electron chi connectivity index (χ4n) is 3.14. The summed E-state index contributed by atoms with van der Waals surface area (Å²) in [6, 6.07) is 8.50. The molecule has 0 radical (unpaired) electrons. The molecule has 11 heteroatoms. The van der Waals surface area contributed by atoms with Crippen molar-refractivity contribution >= 4 is 29.1 Å². The second-order valence-corrected chi connectivity index (χ2v) is 8.05. The number of ether oxygens (including phenoxy) is 1. The largest absolute Gasteiger partial charge is 0.454 e. The van der Waals surface area contributed by atoms with E-state index in [0.29, 0.717) is 6.92 Å². The summed E-state index contributed by atoms with van der Waals surface area (Å²) in [6.45, 7) is 0.540. The quantitative estimate of drug-likeness (QED) is 0.343. The first-order valence-electron chi connectivity index (χ1n) is 10.6. The van der Waals surface area contributed by atoms with E-state index in [4.69, 9.17) is 4.74 Å². The second kappa shape index (κ2) is 9.61. The van der Waals surface area contributed by atoms with Crippen LogP contribution in [0.15, 0.2) is 54.7 Å². The Hall–Kier alpha value is -4.15. The molecule has 0 saturated heterocycles. The summed E-state index contributed by atoms with van der Waals surface area (Å²) < 4.78 is 60.7. The highest BCUT2D eigenvalue weighted by Gasteiger charge is 2.30. The SMILES string of the molecule is CC(F)(F)c1cc(NC(=O)Nc2ccc(Oc3ccnc(NC(=O)C4CC4)c3)c(F)c2)ccc1F. The first kappa shape index (κ1) is 24.0. The molecular formula is C24H20F4N4O3.